The van der Waals surface area contributed by atoms with Crippen molar-refractivity contribution < 1.29 is 4.79 Å². The second-order valence-electron chi connectivity index (χ2n) is 5.29. The van der Waals surface area contributed by atoms with Crippen molar-refractivity contribution in [1.82, 2.24) is 5.32 Å². The molecule has 1 aromatic carbocycles. The normalized spacial score (nSPS) is 16.1. The lowest BCUT2D eigenvalue weighted by molar-refractivity contribution is -0.117. The van der Waals surface area contributed by atoms with Gasteiger partial charge < -0.3 is 10.6 Å². The van der Waals surface area contributed by atoms with E-state index in [1.165, 1.54) is 29.9 Å². The summed E-state index contributed by atoms with van der Waals surface area (Å²) in [5, 5.41) is 6.33. The van der Waals surface area contributed by atoms with Gasteiger partial charge in [0.15, 0.2) is 0 Å². The standard InChI is InChI=1S/C16H24N2OS/c1-2-17-12-14-4-3-5-15(10-14)18-16(19)11-13-6-8-20-9-7-13/h3-5,10,13,17H,2,6-9,11-12H2,1H3,(H,18,19). The number of anilines is 1. The Morgan fingerprint density at radius 1 is 1.35 bits per heavy atom. The second-order valence-corrected chi connectivity index (χ2v) is 6.51. The fraction of sp³-hybridized carbons (Fsp3) is 0.562. The number of hydrogen-bond acceptors (Lipinski definition) is 3. The Morgan fingerprint density at radius 2 is 2.15 bits per heavy atom. The lowest BCUT2D eigenvalue weighted by Crippen LogP contribution is -2.19. The zero-order chi connectivity index (χ0) is 14.2. The molecule has 0 saturated carbocycles. The molecule has 0 aromatic heterocycles. The molecule has 110 valence electrons. The van der Waals surface area contributed by atoms with E-state index in [1.807, 2.05) is 23.9 Å². The minimum absolute atomic E-state index is 0.155. The van der Waals surface area contributed by atoms with Gasteiger partial charge in [0.1, 0.15) is 0 Å². The first-order chi connectivity index (χ1) is 9.78. The zero-order valence-electron chi connectivity index (χ0n) is 12.2. The number of amides is 1. The van der Waals surface area contributed by atoms with Crippen molar-refractivity contribution in [3.63, 3.8) is 0 Å². The van der Waals surface area contributed by atoms with Gasteiger partial charge in [-0.15, -0.1) is 0 Å². The predicted octanol–water partition coefficient (Wildman–Crippen LogP) is 3.27. The maximum Gasteiger partial charge on any atom is 0.224 e. The maximum atomic E-state index is 12.1. The third-order valence-electron chi connectivity index (χ3n) is 3.60. The van der Waals surface area contributed by atoms with Crippen molar-refractivity contribution in [2.24, 2.45) is 5.92 Å². The molecule has 20 heavy (non-hydrogen) atoms. The largest absolute Gasteiger partial charge is 0.326 e. The topological polar surface area (TPSA) is 41.1 Å². The number of carbonyl (C=O) groups is 1. The Kier molecular flexibility index (Phi) is 6.40. The van der Waals surface area contributed by atoms with Gasteiger partial charge in [0, 0.05) is 18.7 Å². The molecule has 1 aliphatic rings. The van der Waals surface area contributed by atoms with E-state index < -0.39 is 0 Å². The van der Waals surface area contributed by atoms with Crippen molar-refractivity contribution >= 4 is 23.4 Å². The van der Waals surface area contributed by atoms with Crippen LogP contribution in [0.3, 0.4) is 0 Å². The fourth-order valence-electron chi connectivity index (χ4n) is 2.45. The Labute approximate surface area is 125 Å². The highest BCUT2D eigenvalue weighted by molar-refractivity contribution is 7.99. The van der Waals surface area contributed by atoms with Crippen molar-refractivity contribution in [3.8, 4) is 0 Å². The SMILES string of the molecule is CCNCc1cccc(NC(=O)CC2CCSCC2)c1. The van der Waals surface area contributed by atoms with Gasteiger partial charge >= 0.3 is 0 Å². The van der Waals surface area contributed by atoms with Crippen LogP contribution in [0, 0.1) is 5.92 Å². The Hall–Kier alpha value is -1.00. The molecule has 3 nitrogen and oxygen atoms in total. The molecule has 0 unspecified atom stereocenters. The van der Waals surface area contributed by atoms with E-state index in [0.717, 1.165) is 18.8 Å². The highest BCUT2D eigenvalue weighted by Crippen LogP contribution is 2.25. The average Bonchev–Trinajstić information content (AvgIpc) is 2.46. The molecule has 2 rings (SSSR count). The molecule has 1 saturated heterocycles. The summed E-state index contributed by atoms with van der Waals surface area (Å²) in [6.07, 6.45) is 3.02. The number of carbonyl (C=O) groups excluding carboxylic acids is 1. The highest BCUT2D eigenvalue weighted by Gasteiger charge is 2.17. The van der Waals surface area contributed by atoms with E-state index in [4.69, 9.17) is 0 Å². The summed E-state index contributed by atoms with van der Waals surface area (Å²) in [6.45, 7) is 3.89. The third-order valence-corrected chi connectivity index (χ3v) is 4.65. The zero-order valence-corrected chi connectivity index (χ0v) is 13.0. The van der Waals surface area contributed by atoms with E-state index in [-0.39, 0.29) is 5.91 Å². The smallest absolute Gasteiger partial charge is 0.224 e. The molecule has 2 N–H and O–H groups in total. The lowest BCUT2D eigenvalue weighted by Gasteiger charge is -2.20. The molecule has 1 amide bonds. The summed E-state index contributed by atoms with van der Waals surface area (Å²) >= 11 is 2.00. The van der Waals surface area contributed by atoms with Crippen LogP contribution in [0.15, 0.2) is 24.3 Å². The molecule has 0 spiro atoms. The van der Waals surface area contributed by atoms with Crippen LogP contribution in [0.1, 0.15) is 31.7 Å². The van der Waals surface area contributed by atoms with Crippen LogP contribution in [0.25, 0.3) is 0 Å². The Morgan fingerprint density at radius 3 is 2.90 bits per heavy atom. The van der Waals surface area contributed by atoms with Crippen LogP contribution in [0.4, 0.5) is 5.69 Å². The summed E-state index contributed by atoms with van der Waals surface area (Å²) in [6, 6.07) is 8.09. The number of nitrogens with one attached hydrogen (secondary N) is 2. The molecule has 0 aliphatic carbocycles. The van der Waals surface area contributed by atoms with Gasteiger partial charge in [-0.25, -0.2) is 0 Å². The van der Waals surface area contributed by atoms with Crippen LogP contribution in [-0.2, 0) is 11.3 Å². The molecule has 1 aromatic rings. The Bertz CT molecular complexity index is 430. The number of rotatable bonds is 6. The minimum Gasteiger partial charge on any atom is -0.326 e. The maximum absolute atomic E-state index is 12.1. The molecule has 4 heteroatoms. The van der Waals surface area contributed by atoms with Crippen molar-refractivity contribution in [2.75, 3.05) is 23.4 Å². The van der Waals surface area contributed by atoms with E-state index in [1.54, 1.807) is 0 Å². The van der Waals surface area contributed by atoms with Crippen molar-refractivity contribution in [2.45, 2.75) is 32.7 Å². The molecule has 1 fully saturated rings. The van der Waals surface area contributed by atoms with E-state index >= 15 is 0 Å². The molecule has 1 aliphatic heterocycles. The van der Waals surface area contributed by atoms with Crippen LogP contribution in [0.2, 0.25) is 0 Å². The summed E-state index contributed by atoms with van der Waals surface area (Å²) in [4.78, 5) is 12.1. The molecular formula is C16H24N2OS. The van der Waals surface area contributed by atoms with Crippen molar-refractivity contribution in [3.05, 3.63) is 29.8 Å². The van der Waals surface area contributed by atoms with Crippen molar-refractivity contribution in [1.29, 1.82) is 0 Å². The van der Waals surface area contributed by atoms with Gasteiger partial charge in [0.05, 0.1) is 0 Å². The molecule has 0 radical (unpaired) electrons. The molecule has 0 bridgehead atoms. The first-order valence-electron chi connectivity index (χ1n) is 7.45. The molecule has 1 heterocycles. The quantitative estimate of drug-likeness (QED) is 0.845. The minimum atomic E-state index is 0.155. The monoisotopic (exact) mass is 292 g/mol. The average molecular weight is 292 g/mol. The van der Waals surface area contributed by atoms with Crippen LogP contribution in [0.5, 0.6) is 0 Å². The van der Waals surface area contributed by atoms with Gasteiger partial charge in [0.25, 0.3) is 0 Å². The number of benzene rings is 1. The van der Waals surface area contributed by atoms with E-state index in [9.17, 15) is 4.79 Å². The third kappa shape index (κ3) is 5.17. The Balaban J connectivity index is 1.83. The second kappa shape index (κ2) is 8.32. The summed E-state index contributed by atoms with van der Waals surface area (Å²) in [7, 11) is 0. The molecule has 0 atom stereocenters. The first-order valence-corrected chi connectivity index (χ1v) is 8.60. The van der Waals surface area contributed by atoms with E-state index in [0.29, 0.717) is 12.3 Å². The van der Waals surface area contributed by atoms with Crippen LogP contribution >= 0.6 is 11.8 Å². The summed E-state index contributed by atoms with van der Waals surface area (Å²) in [5.74, 6) is 3.13. The van der Waals surface area contributed by atoms with Gasteiger partial charge in [-0.3, -0.25) is 4.79 Å². The van der Waals surface area contributed by atoms with Gasteiger partial charge in [0.2, 0.25) is 5.91 Å². The summed E-state index contributed by atoms with van der Waals surface area (Å²) < 4.78 is 0. The number of thioether (sulfide) groups is 1. The van der Waals surface area contributed by atoms with Crippen LogP contribution < -0.4 is 10.6 Å². The van der Waals surface area contributed by atoms with Gasteiger partial charge in [-0.1, -0.05) is 19.1 Å². The van der Waals surface area contributed by atoms with Crippen LogP contribution in [-0.4, -0.2) is 24.0 Å². The number of hydrogen-bond donors (Lipinski definition) is 2. The molecular weight excluding hydrogens is 268 g/mol. The predicted molar refractivity (Wildman–Crippen MR) is 87.1 cm³/mol. The summed E-state index contributed by atoms with van der Waals surface area (Å²) in [5.41, 5.74) is 2.12. The fourth-order valence-corrected chi connectivity index (χ4v) is 3.66. The van der Waals surface area contributed by atoms with Gasteiger partial charge in [-0.2, -0.15) is 11.8 Å². The lowest BCUT2D eigenvalue weighted by atomic mass is 9.98. The highest BCUT2D eigenvalue weighted by atomic mass is 32.2. The van der Waals surface area contributed by atoms with Gasteiger partial charge in [-0.05, 0) is 54.5 Å². The van der Waals surface area contributed by atoms with E-state index in [2.05, 4.69) is 29.7 Å². The first kappa shape index (κ1) is 15.4.